The zero-order chi connectivity index (χ0) is 16.2. The van der Waals surface area contributed by atoms with Crippen molar-refractivity contribution in [2.24, 2.45) is 0 Å². The smallest absolute Gasteiger partial charge is 0.262 e. The van der Waals surface area contributed by atoms with Gasteiger partial charge in [-0.15, -0.1) is 11.3 Å². The van der Waals surface area contributed by atoms with E-state index < -0.39 is 0 Å². The monoisotopic (exact) mass is 328 g/mol. The maximum atomic E-state index is 12.8. The summed E-state index contributed by atoms with van der Waals surface area (Å²) in [6.07, 6.45) is 2.46. The predicted molar refractivity (Wildman–Crippen MR) is 95.2 cm³/mol. The largest absolute Gasteiger partial charge is 0.382 e. The zero-order valence-corrected chi connectivity index (χ0v) is 14.2. The van der Waals surface area contributed by atoms with Gasteiger partial charge in [0, 0.05) is 30.7 Å². The number of hydrogen-bond acceptors (Lipinski definition) is 4. The van der Waals surface area contributed by atoms with Gasteiger partial charge >= 0.3 is 0 Å². The van der Waals surface area contributed by atoms with Gasteiger partial charge in [0.1, 0.15) is 4.83 Å². The molecule has 3 rings (SSSR count). The standard InChI is InChI=1S/C18H20N2O2S/c1-3-22-10-4-9-20-12-19-17-16(18(20)21)15(11-23-17)14-7-5-13(2)6-8-14/h5-8,11-12H,3-4,9-10H2,1-2H3. The lowest BCUT2D eigenvalue weighted by molar-refractivity contribution is 0.141. The van der Waals surface area contributed by atoms with Crippen molar-refractivity contribution < 1.29 is 4.74 Å². The Labute approximate surface area is 139 Å². The summed E-state index contributed by atoms with van der Waals surface area (Å²) in [6.45, 7) is 6.02. The third kappa shape index (κ3) is 3.35. The highest BCUT2D eigenvalue weighted by Gasteiger charge is 2.13. The Balaban J connectivity index is 1.97. The minimum Gasteiger partial charge on any atom is -0.382 e. The molecule has 120 valence electrons. The Morgan fingerprint density at radius 3 is 2.78 bits per heavy atom. The van der Waals surface area contributed by atoms with Gasteiger partial charge in [0.25, 0.3) is 5.56 Å². The summed E-state index contributed by atoms with van der Waals surface area (Å²) in [6, 6.07) is 8.25. The van der Waals surface area contributed by atoms with E-state index in [9.17, 15) is 4.79 Å². The van der Waals surface area contributed by atoms with Crippen LogP contribution >= 0.6 is 11.3 Å². The molecular weight excluding hydrogens is 308 g/mol. The Bertz CT molecular complexity index is 850. The van der Waals surface area contributed by atoms with Crippen LogP contribution in [0.3, 0.4) is 0 Å². The molecular formula is C18H20N2O2S. The minimum absolute atomic E-state index is 0.0309. The Hall–Kier alpha value is -1.98. The predicted octanol–water partition coefficient (Wildman–Crippen LogP) is 3.86. The number of nitrogens with zero attached hydrogens (tertiary/aromatic N) is 2. The first-order valence-corrected chi connectivity index (χ1v) is 8.70. The SMILES string of the molecule is CCOCCCn1cnc2scc(-c3ccc(C)cc3)c2c1=O. The van der Waals surface area contributed by atoms with E-state index in [4.69, 9.17) is 4.74 Å². The molecule has 4 nitrogen and oxygen atoms in total. The van der Waals surface area contributed by atoms with E-state index >= 15 is 0 Å². The molecule has 5 heteroatoms. The van der Waals surface area contributed by atoms with Crippen LogP contribution in [0.5, 0.6) is 0 Å². The normalized spacial score (nSPS) is 11.2. The molecule has 0 atom stereocenters. The summed E-state index contributed by atoms with van der Waals surface area (Å²) in [7, 11) is 0. The molecule has 0 aliphatic heterocycles. The van der Waals surface area contributed by atoms with E-state index in [0.29, 0.717) is 19.8 Å². The fourth-order valence-electron chi connectivity index (χ4n) is 2.55. The molecule has 2 aromatic heterocycles. The van der Waals surface area contributed by atoms with Crippen molar-refractivity contribution in [2.75, 3.05) is 13.2 Å². The van der Waals surface area contributed by atoms with Crippen molar-refractivity contribution in [1.82, 2.24) is 9.55 Å². The number of hydrogen-bond donors (Lipinski definition) is 0. The molecule has 0 saturated heterocycles. The summed E-state index contributed by atoms with van der Waals surface area (Å²) in [5.74, 6) is 0. The van der Waals surface area contributed by atoms with Gasteiger partial charge in [0.15, 0.2) is 0 Å². The summed E-state index contributed by atoms with van der Waals surface area (Å²) >= 11 is 1.52. The molecule has 0 N–H and O–H groups in total. The highest BCUT2D eigenvalue weighted by atomic mass is 32.1. The second-order valence-corrected chi connectivity index (χ2v) is 6.35. The zero-order valence-electron chi connectivity index (χ0n) is 13.4. The minimum atomic E-state index is 0.0309. The lowest BCUT2D eigenvalue weighted by Gasteiger charge is -2.06. The Kier molecular flexibility index (Phi) is 4.88. The fraction of sp³-hybridized carbons (Fsp3) is 0.333. The molecule has 0 unspecified atom stereocenters. The van der Waals surface area contributed by atoms with E-state index in [2.05, 4.69) is 36.2 Å². The van der Waals surface area contributed by atoms with Crippen molar-refractivity contribution in [3.63, 3.8) is 0 Å². The van der Waals surface area contributed by atoms with Gasteiger partial charge < -0.3 is 4.74 Å². The number of fused-ring (bicyclic) bond motifs is 1. The molecule has 0 spiro atoms. The number of ether oxygens (including phenoxy) is 1. The van der Waals surface area contributed by atoms with Gasteiger partial charge in [-0.05, 0) is 25.8 Å². The molecule has 0 saturated carbocycles. The molecule has 0 bridgehead atoms. The van der Waals surface area contributed by atoms with Crippen LogP contribution in [0.4, 0.5) is 0 Å². The maximum Gasteiger partial charge on any atom is 0.262 e. The van der Waals surface area contributed by atoms with Crippen molar-refractivity contribution >= 4 is 21.6 Å². The summed E-state index contributed by atoms with van der Waals surface area (Å²) in [5, 5.41) is 2.74. The van der Waals surface area contributed by atoms with Crippen molar-refractivity contribution in [1.29, 1.82) is 0 Å². The number of benzene rings is 1. The van der Waals surface area contributed by atoms with Crippen molar-refractivity contribution in [3.8, 4) is 11.1 Å². The van der Waals surface area contributed by atoms with Gasteiger partial charge in [-0.25, -0.2) is 4.98 Å². The van der Waals surface area contributed by atoms with Crippen LogP contribution in [-0.2, 0) is 11.3 Å². The van der Waals surface area contributed by atoms with E-state index in [-0.39, 0.29) is 5.56 Å². The van der Waals surface area contributed by atoms with Crippen LogP contribution in [0.25, 0.3) is 21.3 Å². The van der Waals surface area contributed by atoms with E-state index in [1.807, 2.05) is 12.3 Å². The Morgan fingerprint density at radius 1 is 1.26 bits per heavy atom. The van der Waals surface area contributed by atoms with E-state index in [1.165, 1.54) is 16.9 Å². The Morgan fingerprint density at radius 2 is 2.04 bits per heavy atom. The number of aryl methyl sites for hydroxylation is 2. The second-order valence-electron chi connectivity index (χ2n) is 5.49. The van der Waals surface area contributed by atoms with Gasteiger partial charge in [0.05, 0.1) is 11.7 Å². The van der Waals surface area contributed by atoms with Crippen LogP contribution in [0, 0.1) is 6.92 Å². The third-order valence-corrected chi connectivity index (χ3v) is 4.70. The van der Waals surface area contributed by atoms with Crippen LogP contribution in [-0.4, -0.2) is 22.8 Å². The second kappa shape index (κ2) is 7.06. The molecule has 0 amide bonds. The molecule has 3 aromatic rings. The fourth-order valence-corrected chi connectivity index (χ4v) is 3.46. The van der Waals surface area contributed by atoms with Crippen LogP contribution in [0.1, 0.15) is 18.9 Å². The molecule has 0 aliphatic rings. The molecule has 1 aromatic carbocycles. The molecule has 0 fully saturated rings. The molecule has 23 heavy (non-hydrogen) atoms. The van der Waals surface area contributed by atoms with Gasteiger partial charge in [-0.3, -0.25) is 9.36 Å². The van der Waals surface area contributed by atoms with Crippen molar-refractivity contribution in [2.45, 2.75) is 26.8 Å². The van der Waals surface area contributed by atoms with E-state index in [1.54, 1.807) is 10.9 Å². The van der Waals surface area contributed by atoms with Crippen molar-refractivity contribution in [3.05, 3.63) is 51.9 Å². The lowest BCUT2D eigenvalue weighted by Crippen LogP contribution is -2.21. The summed E-state index contributed by atoms with van der Waals surface area (Å²) < 4.78 is 7.02. The maximum absolute atomic E-state index is 12.8. The van der Waals surface area contributed by atoms with Crippen LogP contribution in [0.15, 0.2) is 40.8 Å². The highest BCUT2D eigenvalue weighted by molar-refractivity contribution is 7.17. The number of rotatable bonds is 6. The topological polar surface area (TPSA) is 44.1 Å². The van der Waals surface area contributed by atoms with Gasteiger partial charge in [0.2, 0.25) is 0 Å². The first-order valence-electron chi connectivity index (χ1n) is 7.82. The highest BCUT2D eigenvalue weighted by Crippen LogP contribution is 2.30. The number of thiophene rings is 1. The first-order chi connectivity index (χ1) is 11.2. The van der Waals surface area contributed by atoms with Crippen LogP contribution in [0.2, 0.25) is 0 Å². The third-order valence-electron chi connectivity index (χ3n) is 3.82. The number of aromatic nitrogens is 2. The first kappa shape index (κ1) is 15.9. The lowest BCUT2D eigenvalue weighted by atomic mass is 10.1. The average Bonchev–Trinajstić information content (AvgIpc) is 2.99. The molecule has 0 aliphatic carbocycles. The average molecular weight is 328 g/mol. The quantitative estimate of drug-likeness (QED) is 0.645. The van der Waals surface area contributed by atoms with Crippen LogP contribution < -0.4 is 5.56 Å². The van der Waals surface area contributed by atoms with E-state index in [0.717, 1.165) is 27.8 Å². The summed E-state index contributed by atoms with van der Waals surface area (Å²) in [5.41, 5.74) is 3.28. The van der Waals surface area contributed by atoms with Gasteiger partial charge in [-0.1, -0.05) is 29.8 Å². The molecule has 0 radical (unpaired) electrons. The van der Waals surface area contributed by atoms with Gasteiger partial charge in [-0.2, -0.15) is 0 Å². The summed E-state index contributed by atoms with van der Waals surface area (Å²) in [4.78, 5) is 18.0. The molecule has 2 heterocycles.